The van der Waals surface area contributed by atoms with Crippen molar-refractivity contribution in [3.05, 3.63) is 30.3 Å². The summed E-state index contributed by atoms with van der Waals surface area (Å²) in [6.45, 7) is 1.000. The van der Waals surface area contributed by atoms with Crippen LogP contribution in [-0.2, 0) is 9.53 Å². The Morgan fingerprint density at radius 2 is 2.00 bits per heavy atom. The molecule has 3 rings (SSSR count). The zero-order chi connectivity index (χ0) is 16.6. The summed E-state index contributed by atoms with van der Waals surface area (Å²) in [5, 5.41) is 12.1. The summed E-state index contributed by atoms with van der Waals surface area (Å²) >= 11 is 0. The molecule has 124 valence electrons. The van der Waals surface area contributed by atoms with Crippen LogP contribution in [0.4, 0.5) is 10.5 Å². The molecule has 2 atom stereocenters. The molecule has 0 spiro atoms. The first-order chi connectivity index (χ1) is 11.0. The Morgan fingerprint density at radius 1 is 1.35 bits per heavy atom. The van der Waals surface area contributed by atoms with Crippen molar-refractivity contribution < 1.29 is 19.4 Å². The molecule has 0 saturated carbocycles. The predicted molar refractivity (Wildman–Crippen MR) is 82.8 cm³/mol. The number of para-hydroxylation sites is 1. The lowest BCUT2D eigenvalue weighted by Crippen LogP contribution is -2.56. The van der Waals surface area contributed by atoms with Crippen molar-refractivity contribution in [2.45, 2.75) is 18.2 Å². The molecule has 0 aromatic heterocycles. The van der Waals surface area contributed by atoms with E-state index in [1.165, 1.54) is 4.90 Å². The minimum Gasteiger partial charge on any atom is -0.465 e. The summed E-state index contributed by atoms with van der Waals surface area (Å²) in [4.78, 5) is 24.4. The molecule has 2 saturated heterocycles. The third kappa shape index (κ3) is 2.88. The normalized spacial score (nSPS) is 25.7. The number of anilines is 1. The lowest BCUT2D eigenvalue weighted by Gasteiger charge is -2.38. The second-order valence-electron chi connectivity index (χ2n) is 5.80. The largest absolute Gasteiger partial charge is 0.465 e. The van der Waals surface area contributed by atoms with Crippen molar-refractivity contribution >= 4 is 17.7 Å². The predicted octanol–water partition coefficient (Wildman–Crippen LogP) is -0.0453. The van der Waals surface area contributed by atoms with Gasteiger partial charge in [0.15, 0.2) is 0 Å². The molecule has 2 aliphatic heterocycles. The Labute approximate surface area is 134 Å². The highest BCUT2D eigenvalue weighted by atomic mass is 16.5. The van der Waals surface area contributed by atoms with E-state index in [0.717, 1.165) is 5.69 Å². The van der Waals surface area contributed by atoms with Crippen molar-refractivity contribution in [2.24, 2.45) is 5.73 Å². The monoisotopic (exact) mass is 320 g/mol. The molecule has 1 aromatic carbocycles. The number of carbonyl (C=O) groups is 2. The highest BCUT2D eigenvalue weighted by molar-refractivity contribution is 5.99. The number of carboxylic acid groups (broad SMARTS) is 1. The second-order valence-corrected chi connectivity index (χ2v) is 5.80. The maximum Gasteiger partial charge on any atom is 0.407 e. The number of carbonyl (C=O) groups excluding carboxylic acids is 1. The number of likely N-dealkylation sites (N-methyl/N-ethyl adjacent to an activating group) is 1. The average Bonchev–Trinajstić information content (AvgIpc) is 2.69. The van der Waals surface area contributed by atoms with Crippen LogP contribution in [0.5, 0.6) is 0 Å². The molecule has 0 bridgehead atoms. The summed E-state index contributed by atoms with van der Waals surface area (Å²) < 4.78 is 5.71. The number of hydrogen-bond acceptors (Lipinski definition) is 5. The molecule has 2 aliphatic rings. The number of amides is 2. The third-order valence-corrected chi connectivity index (χ3v) is 4.33. The highest BCUT2D eigenvalue weighted by Gasteiger charge is 2.44. The molecule has 2 fully saturated rings. The fourth-order valence-corrected chi connectivity index (χ4v) is 2.87. The lowest BCUT2D eigenvalue weighted by atomic mass is 10.1. The van der Waals surface area contributed by atoms with E-state index in [9.17, 15) is 9.59 Å². The van der Waals surface area contributed by atoms with Gasteiger partial charge in [0, 0.05) is 7.05 Å². The molecule has 8 nitrogen and oxygen atoms in total. The Morgan fingerprint density at radius 3 is 2.61 bits per heavy atom. The number of ether oxygens (including phenoxy) is 1. The third-order valence-electron chi connectivity index (χ3n) is 4.33. The molecule has 2 heterocycles. The van der Waals surface area contributed by atoms with E-state index in [2.05, 4.69) is 0 Å². The van der Waals surface area contributed by atoms with Gasteiger partial charge in [-0.05, 0) is 12.1 Å². The van der Waals surface area contributed by atoms with Crippen LogP contribution >= 0.6 is 0 Å². The van der Waals surface area contributed by atoms with Gasteiger partial charge in [0.05, 0.1) is 37.5 Å². The number of hydrogen-bond donors (Lipinski definition) is 2. The van der Waals surface area contributed by atoms with Crippen LogP contribution in [0, 0.1) is 0 Å². The maximum atomic E-state index is 12.4. The molecule has 23 heavy (non-hydrogen) atoms. The zero-order valence-electron chi connectivity index (χ0n) is 12.8. The average molecular weight is 320 g/mol. The van der Waals surface area contributed by atoms with Gasteiger partial charge in [0.2, 0.25) is 0 Å². The quantitative estimate of drug-likeness (QED) is 0.807. The van der Waals surface area contributed by atoms with Gasteiger partial charge >= 0.3 is 6.09 Å². The van der Waals surface area contributed by atoms with Gasteiger partial charge in [0.1, 0.15) is 6.04 Å². The van der Waals surface area contributed by atoms with Crippen LogP contribution in [0.25, 0.3) is 0 Å². The molecular formula is C15H20N4O4. The van der Waals surface area contributed by atoms with E-state index in [-0.39, 0.29) is 24.7 Å². The van der Waals surface area contributed by atoms with Crippen LogP contribution in [-0.4, -0.2) is 71.9 Å². The fourth-order valence-electron chi connectivity index (χ4n) is 2.87. The summed E-state index contributed by atoms with van der Waals surface area (Å²) in [7, 11) is 1.80. The highest BCUT2D eigenvalue weighted by Crippen LogP contribution is 2.25. The van der Waals surface area contributed by atoms with Gasteiger partial charge in [-0.15, -0.1) is 0 Å². The first kappa shape index (κ1) is 15.7. The molecule has 0 radical (unpaired) electrons. The number of likely N-dealkylation sites (tertiary alicyclic amines) is 1. The second kappa shape index (κ2) is 6.15. The summed E-state index contributed by atoms with van der Waals surface area (Å²) in [6.07, 6.45) is -1.07. The smallest absolute Gasteiger partial charge is 0.407 e. The SMILES string of the molecule is CN1C(COC2CN(C(=O)O)C2)C(N)C(=O)N1c1ccccc1. The number of hydrazine groups is 1. The first-order valence-electron chi connectivity index (χ1n) is 7.46. The van der Waals surface area contributed by atoms with Crippen molar-refractivity contribution in [3.8, 4) is 0 Å². The molecule has 1 aromatic rings. The number of nitrogens with two attached hydrogens (primary N) is 1. The molecule has 3 N–H and O–H groups in total. The minimum atomic E-state index is -0.940. The van der Waals surface area contributed by atoms with Crippen LogP contribution in [0.2, 0.25) is 0 Å². The first-order valence-corrected chi connectivity index (χ1v) is 7.46. The Balaban J connectivity index is 1.60. The van der Waals surface area contributed by atoms with Gasteiger partial charge in [0.25, 0.3) is 5.91 Å². The Bertz CT molecular complexity index is 590. The molecular weight excluding hydrogens is 300 g/mol. The van der Waals surface area contributed by atoms with Crippen molar-refractivity contribution in [3.63, 3.8) is 0 Å². The van der Waals surface area contributed by atoms with E-state index >= 15 is 0 Å². The minimum absolute atomic E-state index is 0.132. The standard InChI is InChI=1S/C15H20N4O4/c1-17-12(9-23-11-7-18(8-11)15(21)22)13(16)14(20)19(17)10-5-3-2-4-6-10/h2-6,11-13H,7-9,16H2,1H3,(H,21,22). The van der Waals surface area contributed by atoms with E-state index in [1.54, 1.807) is 17.1 Å². The number of nitrogens with zero attached hydrogens (tertiary/aromatic N) is 3. The van der Waals surface area contributed by atoms with Crippen LogP contribution in [0.1, 0.15) is 0 Å². The van der Waals surface area contributed by atoms with Gasteiger partial charge in [-0.2, -0.15) is 0 Å². The Kier molecular flexibility index (Phi) is 4.20. The summed E-state index contributed by atoms with van der Waals surface area (Å²) in [5.41, 5.74) is 6.81. The van der Waals surface area contributed by atoms with Crippen LogP contribution in [0.15, 0.2) is 30.3 Å². The maximum absolute atomic E-state index is 12.4. The van der Waals surface area contributed by atoms with E-state index < -0.39 is 12.1 Å². The Hall–Kier alpha value is -2.16. The molecule has 8 heteroatoms. The zero-order valence-corrected chi connectivity index (χ0v) is 12.8. The van der Waals surface area contributed by atoms with Gasteiger partial charge in [-0.1, -0.05) is 18.2 Å². The van der Waals surface area contributed by atoms with Crippen LogP contribution < -0.4 is 10.7 Å². The van der Waals surface area contributed by atoms with Gasteiger partial charge in [-0.3, -0.25) is 4.79 Å². The van der Waals surface area contributed by atoms with Crippen molar-refractivity contribution in [1.82, 2.24) is 9.91 Å². The summed E-state index contributed by atoms with van der Waals surface area (Å²) in [6, 6.07) is 8.36. The van der Waals surface area contributed by atoms with Crippen molar-refractivity contribution in [1.29, 1.82) is 0 Å². The summed E-state index contributed by atoms with van der Waals surface area (Å²) in [5.74, 6) is -0.173. The van der Waals surface area contributed by atoms with Gasteiger partial charge < -0.3 is 20.5 Å². The van der Waals surface area contributed by atoms with Crippen molar-refractivity contribution in [2.75, 3.05) is 31.8 Å². The molecule has 2 unspecified atom stereocenters. The van der Waals surface area contributed by atoms with E-state index in [1.807, 2.05) is 30.3 Å². The number of rotatable bonds is 4. The van der Waals surface area contributed by atoms with E-state index in [4.69, 9.17) is 15.6 Å². The molecule has 2 amide bonds. The number of benzene rings is 1. The lowest BCUT2D eigenvalue weighted by molar-refractivity contribution is -0.119. The fraction of sp³-hybridized carbons (Fsp3) is 0.467. The van der Waals surface area contributed by atoms with E-state index in [0.29, 0.717) is 13.1 Å². The van der Waals surface area contributed by atoms with Gasteiger partial charge in [-0.25, -0.2) is 14.8 Å². The topological polar surface area (TPSA) is 99.3 Å². The van der Waals surface area contributed by atoms with Crippen LogP contribution in [0.3, 0.4) is 0 Å². The molecule has 0 aliphatic carbocycles.